The molecule has 0 radical (unpaired) electrons. The summed E-state index contributed by atoms with van der Waals surface area (Å²) in [5.41, 5.74) is 0.874. The van der Waals surface area contributed by atoms with E-state index >= 15 is 0 Å². The van der Waals surface area contributed by atoms with Crippen molar-refractivity contribution >= 4 is 0 Å². The summed E-state index contributed by atoms with van der Waals surface area (Å²) in [4.78, 5) is 0. The number of para-hydroxylation sites is 1. The molecule has 0 amide bonds. The monoisotopic (exact) mass is 307 g/mol. The maximum atomic E-state index is 11.9. The van der Waals surface area contributed by atoms with Crippen LogP contribution in [-0.2, 0) is 11.3 Å². The number of rotatable bonds is 9. The van der Waals surface area contributed by atoms with Gasteiger partial charge in [-0.15, -0.1) is 0 Å². The second-order valence-electron chi connectivity index (χ2n) is 4.23. The highest BCUT2D eigenvalue weighted by molar-refractivity contribution is 5.46. The van der Waals surface area contributed by atoms with E-state index in [2.05, 4.69) is 10.1 Å². The van der Waals surface area contributed by atoms with Gasteiger partial charge in [-0.1, -0.05) is 12.1 Å². The number of halogens is 3. The SMILES string of the molecule is CCOc1cccc(CNCCOCC(F)(F)F)c1OC. The third-order valence-electron chi connectivity index (χ3n) is 2.57. The molecule has 0 spiro atoms. The summed E-state index contributed by atoms with van der Waals surface area (Å²) in [7, 11) is 1.55. The molecule has 1 aromatic rings. The number of methoxy groups -OCH3 is 1. The van der Waals surface area contributed by atoms with Crippen molar-refractivity contribution in [3.05, 3.63) is 23.8 Å². The van der Waals surface area contributed by atoms with E-state index in [0.29, 0.717) is 31.2 Å². The summed E-state index contributed by atoms with van der Waals surface area (Å²) >= 11 is 0. The molecule has 1 aromatic carbocycles. The zero-order valence-electron chi connectivity index (χ0n) is 12.1. The Morgan fingerprint density at radius 3 is 2.62 bits per heavy atom. The molecule has 120 valence electrons. The van der Waals surface area contributed by atoms with E-state index in [1.165, 1.54) is 0 Å². The van der Waals surface area contributed by atoms with Gasteiger partial charge in [0, 0.05) is 18.7 Å². The van der Waals surface area contributed by atoms with E-state index in [9.17, 15) is 13.2 Å². The highest BCUT2D eigenvalue weighted by Gasteiger charge is 2.27. The van der Waals surface area contributed by atoms with Gasteiger partial charge in [0.05, 0.1) is 20.3 Å². The minimum Gasteiger partial charge on any atom is -0.493 e. The van der Waals surface area contributed by atoms with Crippen molar-refractivity contribution in [1.82, 2.24) is 5.32 Å². The predicted molar refractivity (Wildman–Crippen MR) is 72.7 cm³/mol. The van der Waals surface area contributed by atoms with Crippen LogP contribution in [0.2, 0.25) is 0 Å². The van der Waals surface area contributed by atoms with Gasteiger partial charge in [0.15, 0.2) is 11.5 Å². The van der Waals surface area contributed by atoms with Gasteiger partial charge in [-0.05, 0) is 13.0 Å². The minimum atomic E-state index is -4.28. The quantitative estimate of drug-likeness (QED) is 0.712. The molecule has 21 heavy (non-hydrogen) atoms. The van der Waals surface area contributed by atoms with Gasteiger partial charge in [0.25, 0.3) is 0 Å². The molecule has 0 aliphatic heterocycles. The van der Waals surface area contributed by atoms with Crippen molar-refractivity contribution in [3.63, 3.8) is 0 Å². The molecule has 0 aromatic heterocycles. The van der Waals surface area contributed by atoms with Gasteiger partial charge in [-0.25, -0.2) is 0 Å². The second kappa shape index (κ2) is 8.74. The maximum Gasteiger partial charge on any atom is 0.411 e. The number of hydrogen-bond acceptors (Lipinski definition) is 4. The lowest BCUT2D eigenvalue weighted by molar-refractivity contribution is -0.173. The lowest BCUT2D eigenvalue weighted by Gasteiger charge is -2.14. The van der Waals surface area contributed by atoms with Gasteiger partial charge >= 0.3 is 6.18 Å². The molecule has 0 aliphatic rings. The van der Waals surface area contributed by atoms with Crippen molar-refractivity contribution in [3.8, 4) is 11.5 Å². The summed E-state index contributed by atoms with van der Waals surface area (Å²) in [6.07, 6.45) is -4.28. The standard InChI is InChI=1S/C14H20F3NO3/c1-3-21-12-6-4-5-11(13(12)19-2)9-18-7-8-20-10-14(15,16)17/h4-6,18H,3,7-10H2,1-2H3. The topological polar surface area (TPSA) is 39.7 Å². The van der Waals surface area contributed by atoms with Crippen LogP contribution in [0, 0.1) is 0 Å². The Kier molecular flexibility index (Phi) is 7.31. The first-order valence-corrected chi connectivity index (χ1v) is 6.61. The van der Waals surface area contributed by atoms with Gasteiger partial charge in [-0.3, -0.25) is 0 Å². The molecular weight excluding hydrogens is 287 g/mol. The summed E-state index contributed by atoms with van der Waals surface area (Å²) < 4.78 is 50.9. The van der Waals surface area contributed by atoms with Crippen molar-refractivity contribution in [2.24, 2.45) is 0 Å². The van der Waals surface area contributed by atoms with E-state index in [0.717, 1.165) is 5.56 Å². The Balaban J connectivity index is 2.40. The average molecular weight is 307 g/mol. The number of hydrogen-bond donors (Lipinski definition) is 1. The van der Waals surface area contributed by atoms with Gasteiger partial charge in [-0.2, -0.15) is 13.2 Å². The molecular formula is C14H20F3NO3. The van der Waals surface area contributed by atoms with Crippen molar-refractivity contribution < 1.29 is 27.4 Å². The van der Waals surface area contributed by atoms with E-state index in [-0.39, 0.29) is 6.61 Å². The van der Waals surface area contributed by atoms with Crippen LogP contribution in [0.5, 0.6) is 11.5 Å². The number of benzene rings is 1. The molecule has 0 heterocycles. The van der Waals surface area contributed by atoms with Crippen LogP contribution in [0.1, 0.15) is 12.5 Å². The Hall–Kier alpha value is -1.47. The van der Waals surface area contributed by atoms with Crippen molar-refractivity contribution in [2.75, 3.05) is 33.5 Å². The van der Waals surface area contributed by atoms with Gasteiger partial charge in [0.1, 0.15) is 6.61 Å². The molecule has 0 fully saturated rings. The Morgan fingerprint density at radius 2 is 2.00 bits per heavy atom. The third kappa shape index (κ3) is 6.68. The lowest BCUT2D eigenvalue weighted by Crippen LogP contribution is -2.23. The van der Waals surface area contributed by atoms with Crippen LogP contribution in [0.25, 0.3) is 0 Å². The molecule has 0 saturated carbocycles. The number of alkyl halides is 3. The fraction of sp³-hybridized carbons (Fsp3) is 0.571. The van der Waals surface area contributed by atoms with Gasteiger partial charge in [0.2, 0.25) is 0 Å². The normalized spacial score (nSPS) is 11.5. The molecule has 0 aliphatic carbocycles. The predicted octanol–water partition coefficient (Wildman–Crippen LogP) is 2.76. The first-order chi connectivity index (χ1) is 9.98. The van der Waals surface area contributed by atoms with Crippen LogP contribution in [0.15, 0.2) is 18.2 Å². The summed E-state index contributed by atoms with van der Waals surface area (Å²) in [6.45, 7) is 1.95. The molecule has 0 saturated heterocycles. The zero-order valence-corrected chi connectivity index (χ0v) is 12.1. The van der Waals surface area contributed by atoms with E-state index in [1.54, 1.807) is 13.2 Å². The third-order valence-corrected chi connectivity index (χ3v) is 2.57. The van der Waals surface area contributed by atoms with Crippen LogP contribution < -0.4 is 14.8 Å². The highest BCUT2D eigenvalue weighted by atomic mass is 19.4. The summed E-state index contributed by atoms with van der Waals surface area (Å²) in [5.74, 6) is 1.27. The van der Waals surface area contributed by atoms with Crippen LogP contribution in [-0.4, -0.2) is 39.7 Å². The highest BCUT2D eigenvalue weighted by Crippen LogP contribution is 2.30. The summed E-state index contributed by atoms with van der Waals surface area (Å²) in [6, 6.07) is 5.51. The van der Waals surface area contributed by atoms with Crippen molar-refractivity contribution in [2.45, 2.75) is 19.6 Å². The average Bonchev–Trinajstić information content (AvgIpc) is 2.42. The Labute approximate surface area is 122 Å². The lowest BCUT2D eigenvalue weighted by atomic mass is 10.2. The zero-order chi connectivity index (χ0) is 15.7. The Morgan fingerprint density at radius 1 is 1.24 bits per heavy atom. The van der Waals surface area contributed by atoms with Crippen LogP contribution in [0.3, 0.4) is 0 Å². The fourth-order valence-corrected chi connectivity index (χ4v) is 1.76. The molecule has 1 N–H and O–H groups in total. The molecule has 0 bridgehead atoms. The Bertz CT molecular complexity index is 424. The van der Waals surface area contributed by atoms with E-state index in [4.69, 9.17) is 9.47 Å². The largest absolute Gasteiger partial charge is 0.493 e. The van der Waals surface area contributed by atoms with Crippen molar-refractivity contribution in [1.29, 1.82) is 0 Å². The minimum absolute atomic E-state index is 0.00697. The molecule has 4 nitrogen and oxygen atoms in total. The van der Waals surface area contributed by atoms with E-state index < -0.39 is 12.8 Å². The molecule has 0 unspecified atom stereocenters. The van der Waals surface area contributed by atoms with Crippen LogP contribution >= 0.6 is 0 Å². The first kappa shape index (κ1) is 17.6. The van der Waals surface area contributed by atoms with E-state index in [1.807, 2.05) is 19.1 Å². The van der Waals surface area contributed by atoms with Gasteiger partial charge < -0.3 is 19.5 Å². The fourth-order valence-electron chi connectivity index (χ4n) is 1.76. The number of ether oxygens (including phenoxy) is 3. The molecule has 7 heteroatoms. The molecule has 1 rings (SSSR count). The van der Waals surface area contributed by atoms with Crippen LogP contribution in [0.4, 0.5) is 13.2 Å². The first-order valence-electron chi connectivity index (χ1n) is 6.61. The smallest absolute Gasteiger partial charge is 0.411 e. The maximum absolute atomic E-state index is 11.9. The summed E-state index contributed by atoms with van der Waals surface area (Å²) in [5, 5.41) is 3.00. The number of nitrogens with one attached hydrogen (secondary N) is 1. The molecule has 0 atom stereocenters. The second-order valence-corrected chi connectivity index (χ2v) is 4.23.